The maximum absolute atomic E-state index is 4.54. The van der Waals surface area contributed by atoms with E-state index in [0.29, 0.717) is 17.8 Å². The predicted octanol–water partition coefficient (Wildman–Crippen LogP) is 5.93. The normalized spacial score (nSPS) is 19.4. The van der Waals surface area contributed by atoms with Gasteiger partial charge < -0.3 is 4.98 Å². The van der Waals surface area contributed by atoms with E-state index in [4.69, 9.17) is 0 Å². The molecule has 0 amide bonds. The van der Waals surface area contributed by atoms with Crippen LogP contribution >= 0.6 is 0 Å². The summed E-state index contributed by atoms with van der Waals surface area (Å²) in [7, 11) is 0. The lowest BCUT2D eigenvalue weighted by atomic mass is 9.80. The maximum atomic E-state index is 4.54. The van der Waals surface area contributed by atoms with Gasteiger partial charge in [-0.05, 0) is 57.9 Å². The van der Waals surface area contributed by atoms with Gasteiger partial charge in [0, 0.05) is 17.5 Å². The minimum Gasteiger partial charge on any atom is -0.337 e. The second-order valence-corrected chi connectivity index (χ2v) is 8.61. The first-order chi connectivity index (χ1) is 14.5. The molecule has 6 nitrogen and oxygen atoms in total. The Bertz CT molecular complexity index is 1130. The maximum Gasteiger partial charge on any atom is 0.265 e. The SMILES string of the molecule is CC(C)=CCCC1=CC[C@@H](/C=N\Nc2nnc3c(n2)[nH]c2c(C)cccc23)[C@H](C)C1. The van der Waals surface area contributed by atoms with Gasteiger partial charge in [-0.1, -0.05) is 48.4 Å². The van der Waals surface area contributed by atoms with Gasteiger partial charge in [0.25, 0.3) is 5.95 Å². The summed E-state index contributed by atoms with van der Waals surface area (Å²) in [5.41, 5.74) is 9.66. The van der Waals surface area contributed by atoms with Gasteiger partial charge in [-0.3, -0.25) is 0 Å². The highest BCUT2D eigenvalue weighted by molar-refractivity contribution is 6.04. The number of aromatic nitrogens is 4. The number of allylic oxidation sites excluding steroid dienone is 4. The number of aryl methyl sites for hydroxylation is 1. The Morgan fingerprint density at radius 3 is 2.97 bits per heavy atom. The van der Waals surface area contributed by atoms with Crippen LogP contribution < -0.4 is 5.43 Å². The Labute approximate surface area is 177 Å². The quantitative estimate of drug-likeness (QED) is 0.304. The molecule has 6 heteroatoms. The summed E-state index contributed by atoms with van der Waals surface area (Å²) in [6.07, 6.45) is 11.2. The van der Waals surface area contributed by atoms with Crippen LogP contribution in [0.5, 0.6) is 0 Å². The third-order valence-corrected chi connectivity index (χ3v) is 5.90. The molecule has 4 rings (SSSR count). The van der Waals surface area contributed by atoms with E-state index in [-0.39, 0.29) is 0 Å². The Kier molecular flexibility index (Phi) is 5.93. The molecule has 2 atom stereocenters. The number of hydrogen-bond acceptors (Lipinski definition) is 5. The average molecular weight is 403 g/mol. The van der Waals surface area contributed by atoms with Gasteiger partial charge in [0.1, 0.15) is 5.52 Å². The van der Waals surface area contributed by atoms with Crippen LogP contribution in [-0.4, -0.2) is 26.4 Å². The zero-order chi connectivity index (χ0) is 21.1. The van der Waals surface area contributed by atoms with Crippen molar-refractivity contribution in [2.75, 3.05) is 5.43 Å². The van der Waals surface area contributed by atoms with E-state index in [1.54, 1.807) is 5.57 Å². The molecule has 2 N–H and O–H groups in total. The van der Waals surface area contributed by atoms with Crippen molar-refractivity contribution in [3.8, 4) is 0 Å². The number of nitrogens with zero attached hydrogens (tertiary/aromatic N) is 4. The molecule has 1 aromatic carbocycles. The number of H-pyrrole nitrogens is 1. The summed E-state index contributed by atoms with van der Waals surface area (Å²) < 4.78 is 0. The second-order valence-electron chi connectivity index (χ2n) is 8.61. The molecule has 3 aromatic rings. The number of rotatable bonds is 6. The molecule has 30 heavy (non-hydrogen) atoms. The second kappa shape index (κ2) is 8.78. The van der Waals surface area contributed by atoms with E-state index < -0.39 is 0 Å². The molecule has 2 heterocycles. The molecule has 0 unspecified atom stereocenters. The number of hydrazone groups is 1. The number of anilines is 1. The van der Waals surface area contributed by atoms with Crippen molar-refractivity contribution >= 4 is 34.2 Å². The third kappa shape index (κ3) is 4.42. The molecule has 0 spiro atoms. The lowest BCUT2D eigenvalue weighted by Gasteiger charge is -2.25. The van der Waals surface area contributed by atoms with E-state index in [2.05, 4.69) is 76.6 Å². The van der Waals surface area contributed by atoms with Gasteiger partial charge in [0.05, 0.1) is 5.52 Å². The molecule has 0 radical (unpaired) electrons. The Balaban J connectivity index is 1.40. The van der Waals surface area contributed by atoms with Crippen LogP contribution in [0.15, 0.2) is 46.6 Å². The van der Waals surface area contributed by atoms with E-state index in [1.165, 1.54) is 17.6 Å². The summed E-state index contributed by atoms with van der Waals surface area (Å²) in [6, 6.07) is 6.13. The third-order valence-electron chi connectivity index (χ3n) is 5.90. The zero-order valence-corrected chi connectivity index (χ0v) is 18.2. The van der Waals surface area contributed by atoms with Gasteiger partial charge in [0.15, 0.2) is 5.65 Å². The molecule has 0 saturated carbocycles. The molecule has 0 aliphatic heterocycles. The minimum absolute atomic E-state index is 0.407. The first kappa shape index (κ1) is 20.3. The summed E-state index contributed by atoms with van der Waals surface area (Å²) in [5.74, 6) is 1.42. The van der Waals surface area contributed by atoms with Crippen LogP contribution in [0.2, 0.25) is 0 Å². The highest BCUT2D eigenvalue weighted by Crippen LogP contribution is 2.30. The van der Waals surface area contributed by atoms with Gasteiger partial charge in [-0.2, -0.15) is 10.1 Å². The van der Waals surface area contributed by atoms with Crippen molar-refractivity contribution in [2.45, 2.75) is 53.4 Å². The highest BCUT2D eigenvalue weighted by atomic mass is 15.4. The summed E-state index contributed by atoms with van der Waals surface area (Å²) in [4.78, 5) is 7.89. The Hall–Kier alpha value is -3.02. The molecule has 1 aliphatic rings. The summed E-state index contributed by atoms with van der Waals surface area (Å²) in [6.45, 7) is 8.70. The number of fused-ring (bicyclic) bond motifs is 3. The zero-order valence-electron chi connectivity index (χ0n) is 18.2. The van der Waals surface area contributed by atoms with Crippen LogP contribution in [0.25, 0.3) is 22.1 Å². The average Bonchev–Trinajstić information content (AvgIpc) is 3.09. The first-order valence-corrected chi connectivity index (χ1v) is 10.7. The van der Waals surface area contributed by atoms with Crippen LogP contribution in [0.3, 0.4) is 0 Å². The highest BCUT2D eigenvalue weighted by Gasteiger charge is 2.20. The molecule has 0 fully saturated rings. The van der Waals surface area contributed by atoms with Crippen molar-refractivity contribution in [3.05, 3.63) is 47.1 Å². The van der Waals surface area contributed by atoms with E-state index in [9.17, 15) is 0 Å². The fourth-order valence-electron chi connectivity index (χ4n) is 4.12. The number of nitrogens with one attached hydrogen (secondary N) is 2. The Morgan fingerprint density at radius 1 is 1.30 bits per heavy atom. The molecular weight excluding hydrogens is 372 g/mol. The molecule has 156 valence electrons. The standard InChI is InChI=1S/C24H30N6/c1-15(2)7-5-9-18-11-12-19(17(4)13-18)14-25-29-24-27-23-22(28-30-24)20-10-6-8-16(3)21(20)26-23/h6-8,10-11,14,17,19H,5,9,12-13H2,1-4H3,(H2,26,27,29,30)/b25-14-/t17-,19+/m1/s1. The van der Waals surface area contributed by atoms with Crippen LogP contribution in [-0.2, 0) is 0 Å². The van der Waals surface area contributed by atoms with E-state index in [0.717, 1.165) is 41.3 Å². The van der Waals surface area contributed by atoms with Gasteiger partial charge in [-0.25, -0.2) is 5.43 Å². The predicted molar refractivity (Wildman–Crippen MR) is 125 cm³/mol. The summed E-state index contributed by atoms with van der Waals surface area (Å²) >= 11 is 0. The van der Waals surface area contributed by atoms with E-state index in [1.807, 2.05) is 18.3 Å². The van der Waals surface area contributed by atoms with Crippen molar-refractivity contribution in [1.29, 1.82) is 0 Å². The molecular formula is C24H30N6. The smallest absolute Gasteiger partial charge is 0.265 e. The largest absolute Gasteiger partial charge is 0.337 e. The molecule has 0 bridgehead atoms. The van der Waals surface area contributed by atoms with Crippen LogP contribution in [0, 0.1) is 18.8 Å². The lowest BCUT2D eigenvalue weighted by Crippen LogP contribution is -2.18. The first-order valence-electron chi connectivity index (χ1n) is 10.7. The van der Waals surface area contributed by atoms with Crippen LogP contribution in [0.1, 0.15) is 52.0 Å². The van der Waals surface area contributed by atoms with Gasteiger partial charge in [-0.15, -0.1) is 10.2 Å². The van der Waals surface area contributed by atoms with Crippen molar-refractivity contribution < 1.29 is 0 Å². The van der Waals surface area contributed by atoms with E-state index >= 15 is 0 Å². The summed E-state index contributed by atoms with van der Waals surface area (Å²) in [5, 5.41) is 14.0. The minimum atomic E-state index is 0.407. The molecule has 0 saturated heterocycles. The Morgan fingerprint density at radius 2 is 2.17 bits per heavy atom. The number of para-hydroxylation sites is 1. The van der Waals surface area contributed by atoms with Crippen molar-refractivity contribution in [3.63, 3.8) is 0 Å². The van der Waals surface area contributed by atoms with Crippen molar-refractivity contribution in [1.82, 2.24) is 20.2 Å². The molecule has 1 aliphatic carbocycles. The van der Waals surface area contributed by atoms with Gasteiger partial charge in [0.2, 0.25) is 0 Å². The number of aromatic amines is 1. The van der Waals surface area contributed by atoms with Crippen molar-refractivity contribution in [2.24, 2.45) is 16.9 Å². The topological polar surface area (TPSA) is 78.8 Å². The molecule has 2 aromatic heterocycles. The van der Waals surface area contributed by atoms with Gasteiger partial charge >= 0.3 is 0 Å². The fraction of sp³-hybridized carbons (Fsp3) is 0.417. The number of benzene rings is 1. The fourth-order valence-corrected chi connectivity index (χ4v) is 4.12. The monoisotopic (exact) mass is 402 g/mol. The van der Waals surface area contributed by atoms with Crippen LogP contribution in [0.4, 0.5) is 5.95 Å². The lowest BCUT2D eigenvalue weighted by molar-refractivity contribution is 0.431. The number of hydrogen-bond donors (Lipinski definition) is 2.